The second-order valence-electron chi connectivity index (χ2n) is 11.3. The topological polar surface area (TPSA) is 72.2 Å². The van der Waals surface area contributed by atoms with Crippen LogP contribution in [0.25, 0.3) is 0 Å². The van der Waals surface area contributed by atoms with Crippen molar-refractivity contribution in [3.05, 3.63) is 71.9 Å². The first-order chi connectivity index (χ1) is 18.1. The summed E-state index contributed by atoms with van der Waals surface area (Å²) in [5.74, 6) is 1.36. The fourth-order valence-electron chi connectivity index (χ4n) is 5.63. The number of nitrogens with two attached hydrogens (primary N) is 1. The smallest absolute Gasteiger partial charge is 0.162 e. The molecule has 2 aromatic rings. The van der Waals surface area contributed by atoms with E-state index in [0.29, 0.717) is 24.0 Å². The van der Waals surface area contributed by atoms with Crippen LogP contribution in [0.15, 0.2) is 65.7 Å². The van der Waals surface area contributed by atoms with Crippen molar-refractivity contribution in [3.63, 3.8) is 0 Å². The molecule has 1 aliphatic carbocycles. The molecule has 0 aromatic heterocycles. The van der Waals surface area contributed by atoms with E-state index >= 15 is 0 Å². The Kier molecular flexibility index (Phi) is 11.2. The molecule has 0 spiro atoms. The van der Waals surface area contributed by atoms with Gasteiger partial charge in [0, 0.05) is 34.8 Å². The average Bonchev–Trinajstić information content (AvgIpc) is 3.10. The molecule has 1 saturated carbocycles. The van der Waals surface area contributed by atoms with Crippen molar-refractivity contribution in [2.24, 2.45) is 11.7 Å². The van der Waals surface area contributed by atoms with Crippen LogP contribution in [-0.4, -0.2) is 24.1 Å². The molecule has 6 heteroatoms. The molecule has 4 atom stereocenters. The number of allylic oxidation sites excluding steroid dienone is 1. The van der Waals surface area contributed by atoms with E-state index in [4.69, 9.17) is 5.73 Å². The van der Waals surface area contributed by atoms with Gasteiger partial charge < -0.3 is 15.6 Å². The van der Waals surface area contributed by atoms with E-state index < -0.39 is 11.5 Å². The molecule has 0 aliphatic heterocycles. The second-order valence-corrected chi connectivity index (χ2v) is 17.2. The van der Waals surface area contributed by atoms with Gasteiger partial charge in [-0.15, -0.1) is 0 Å². The van der Waals surface area contributed by atoms with Crippen molar-refractivity contribution in [3.8, 4) is 0 Å². The van der Waals surface area contributed by atoms with E-state index in [9.17, 15) is 9.36 Å². The fraction of sp³-hybridized carbons (Fsp3) is 0.531. The summed E-state index contributed by atoms with van der Waals surface area (Å²) in [6.07, 6.45) is 5.90. The molecule has 4 unspecified atom stereocenters. The van der Waals surface area contributed by atoms with E-state index in [1.165, 1.54) is 29.8 Å². The Bertz CT molecular complexity index is 1120. The van der Waals surface area contributed by atoms with Crippen LogP contribution in [0.3, 0.4) is 0 Å². The first-order valence-electron chi connectivity index (χ1n) is 14.3. The van der Waals surface area contributed by atoms with E-state index in [2.05, 4.69) is 44.8 Å². The highest BCUT2D eigenvalue weighted by Gasteiger charge is 2.47. The van der Waals surface area contributed by atoms with Crippen LogP contribution in [-0.2, 0) is 4.57 Å². The average molecular weight is 555 g/mol. The summed E-state index contributed by atoms with van der Waals surface area (Å²) >= 11 is 1.48. The molecule has 0 saturated heterocycles. The van der Waals surface area contributed by atoms with E-state index in [1.54, 1.807) is 0 Å². The maximum Gasteiger partial charge on any atom is 0.162 e. The molecule has 1 fully saturated rings. The van der Waals surface area contributed by atoms with E-state index in [1.807, 2.05) is 43.1 Å². The first kappa shape index (κ1) is 30.6. The van der Waals surface area contributed by atoms with Crippen molar-refractivity contribution < 1.29 is 9.36 Å². The van der Waals surface area contributed by atoms with Crippen LogP contribution >= 0.6 is 17.7 Å². The Morgan fingerprint density at radius 1 is 1.16 bits per heavy atom. The molecule has 3 N–H and O–H groups in total. The summed E-state index contributed by atoms with van der Waals surface area (Å²) in [4.78, 5) is 13.6. The monoisotopic (exact) mass is 554 g/mol. The van der Waals surface area contributed by atoms with Crippen LogP contribution in [0.4, 0.5) is 5.69 Å². The predicted molar refractivity (Wildman–Crippen MR) is 166 cm³/mol. The minimum Gasteiger partial charge on any atom is -0.402 e. The summed E-state index contributed by atoms with van der Waals surface area (Å²) in [7, 11) is 0. The number of carbonyl (C=O) groups excluding carboxylic acids is 1. The Morgan fingerprint density at radius 2 is 1.84 bits per heavy atom. The minimum atomic E-state index is -2.69. The third-order valence-corrected chi connectivity index (χ3v) is 14.1. The zero-order valence-corrected chi connectivity index (χ0v) is 25.5. The Morgan fingerprint density at radius 3 is 2.47 bits per heavy atom. The Balaban J connectivity index is 1.50. The number of Topliss-reactive ketones (excluding diaryl/α,β-unsaturated/α-hetero) is 1. The quantitative estimate of drug-likeness (QED) is 0.112. The molecule has 208 valence electrons. The van der Waals surface area contributed by atoms with Gasteiger partial charge in [0.15, 0.2) is 12.1 Å². The molecule has 2 aromatic carbocycles. The molecule has 4 nitrogen and oxygen atoms in total. The van der Waals surface area contributed by atoms with Gasteiger partial charge in [0.2, 0.25) is 0 Å². The van der Waals surface area contributed by atoms with Crippen LogP contribution in [0.1, 0.15) is 100 Å². The standard InChI is InChI=1S/C32H47N2O2PS/c1-6-9-25(3)27-12-14-28(15-13-27)31(35)11-8-23-34-29-16-18-30(19-17-29)38-37(5,36)32(26(4)33)21-7-10-24(2)20-22-32/h12-19,24-25,34H,4,6-11,20-23,33H2,1-3,5H3. The maximum absolute atomic E-state index is 14.1. The zero-order valence-electron chi connectivity index (χ0n) is 23.8. The normalized spacial score (nSPS) is 22.2. The number of hydrogen-bond donors (Lipinski definition) is 2. The Hall–Kier alpha value is -1.97. The number of benzene rings is 2. The largest absolute Gasteiger partial charge is 0.402 e. The third-order valence-electron chi connectivity index (χ3n) is 8.28. The lowest BCUT2D eigenvalue weighted by Gasteiger charge is -2.38. The summed E-state index contributed by atoms with van der Waals surface area (Å²) in [6, 6.07) is 16.3. The third kappa shape index (κ3) is 7.79. The minimum absolute atomic E-state index is 0.190. The maximum atomic E-state index is 14.1. The van der Waals surface area contributed by atoms with Crippen molar-refractivity contribution in [2.75, 3.05) is 18.5 Å². The van der Waals surface area contributed by atoms with Crippen molar-refractivity contribution in [2.45, 2.75) is 94.5 Å². The van der Waals surface area contributed by atoms with Gasteiger partial charge in [0.25, 0.3) is 0 Å². The second kappa shape index (κ2) is 13.9. The highest BCUT2D eigenvalue weighted by molar-refractivity contribution is 8.58. The Labute approximate surface area is 234 Å². The number of ketones is 1. The van der Waals surface area contributed by atoms with E-state index in [-0.39, 0.29) is 5.78 Å². The van der Waals surface area contributed by atoms with Gasteiger partial charge in [-0.05, 0) is 80.4 Å². The molecule has 3 rings (SSSR count). The summed E-state index contributed by atoms with van der Waals surface area (Å²) in [5, 5.41) is 2.93. The lowest BCUT2D eigenvalue weighted by Crippen LogP contribution is -2.33. The number of anilines is 1. The number of hydrogen-bond acceptors (Lipinski definition) is 5. The lowest BCUT2D eigenvalue weighted by molar-refractivity contribution is 0.0981. The number of nitrogens with one attached hydrogen (secondary N) is 1. The van der Waals surface area contributed by atoms with Gasteiger partial charge >= 0.3 is 0 Å². The lowest BCUT2D eigenvalue weighted by atomic mass is 9.94. The van der Waals surface area contributed by atoms with Gasteiger partial charge in [-0.25, -0.2) is 0 Å². The zero-order chi connectivity index (χ0) is 27.8. The predicted octanol–water partition coefficient (Wildman–Crippen LogP) is 9.48. The molecule has 38 heavy (non-hydrogen) atoms. The summed E-state index contributed by atoms with van der Waals surface area (Å²) < 4.78 is 14.1. The van der Waals surface area contributed by atoms with Crippen LogP contribution in [0.2, 0.25) is 0 Å². The molecule has 0 radical (unpaired) electrons. The first-order valence-corrected chi connectivity index (χ1v) is 17.8. The van der Waals surface area contributed by atoms with Gasteiger partial charge in [-0.3, -0.25) is 4.79 Å². The van der Waals surface area contributed by atoms with Gasteiger partial charge in [0.05, 0.1) is 5.16 Å². The molecule has 0 amide bonds. The highest BCUT2D eigenvalue weighted by atomic mass is 32.7. The molecule has 1 aliphatic rings. The number of carbonyl (C=O) groups is 1. The molecule has 0 bridgehead atoms. The number of rotatable bonds is 13. The van der Waals surface area contributed by atoms with Crippen molar-refractivity contribution >= 4 is 29.2 Å². The SMILES string of the molecule is C=C(N)C1(P(C)(=O)Sc2ccc(NCCCC(=O)c3ccc(C(C)CCC)cc3)cc2)CCCC(C)CC1. The highest BCUT2D eigenvalue weighted by Crippen LogP contribution is 2.72. The molecular formula is C32H47N2O2PS. The van der Waals surface area contributed by atoms with Crippen LogP contribution in [0.5, 0.6) is 0 Å². The van der Waals surface area contributed by atoms with Crippen molar-refractivity contribution in [1.29, 1.82) is 0 Å². The fourth-order valence-corrected chi connectivity index (χ4v) is 11.1. The van der Waals surface area contributed by atoms with E-state index in [0.717, 1.165) is 61.2 Å². The van der Waals surface area contributed by atoms with Gasteiger partial charge in [0.1, 0.15) is 0 Å². The summed E-state index contributed by atoms with van der Waals surface area (Å²) in [6.45, 7) is 13.4. The molecule has 0 heterocycles. The molecular weight excluding hydrogens is 507 g/mol. The van der Waals surface area contributed by atoms with Gasteiger partial charge in [-0.1, -0.05) is 82.3 Å². The van der Waals surface area contributed by atoms with Crippen molar-refractivity contribution in [1.82, 2.24) is 0 Å². The van der Waals surface area contributed by atoms with Crippen LogP contribution < -0.4 is 11.1 Å². The van der Waals surface area contributed by atoms with Gasteiger partial charge in [-0.2, -0.15) is 0 Å². The summed E-state index contributed by atoms with van der Waals surface area (Å²) in [5.41, 5.74) is 10.0. The van der Waals surface area contributed by atoms with Crippen LogP contribution in [0, 0.1) is 5.92 Å².